The van der Waals surface area contributed by atoms with Crippen molar-refractivity contribution in [2.75, 3.05) is 12.0 Å². The fourth-order valence-corrected chi connectivity index (χ4v) is 2.56. The Hall–Kier alpha value is -0.470. The molecule has 0 aliphatic carbocycles. The third-order valence-electron chi connectivity index (χ3n) is 3.13. The fourth-order valence-electron chi connectivity index (χ4n) is 1.97. The number of rotatable bonds is 7. The highest BCUT2D eigenvalue weighted by Gasteiger charge is 2.11. The summed E-state index contributed by atoms with van der Waals surface area (Å²) in [6, 6.07) is 9.98. The van der Waals surface area contributed by atoms with E-state index in [1.54, 1.807) is 0 Å². The van der Waals surface area contributed by atoms with Gasteiger partial charge in [0.1, 0.15) is 0 Å². The molecule has 0 fully saturated rings. The van der Waals surface area contributed by atoms with Crippen LogP contribution < -0.4 is 5.32 Å². The molecule has 0 saturated carbocycles. The number of thioether (sulfide) groups is 1. The molecule has 1 nitrogen and oxygen atoms in total. The van der Waals surface area contributed by atoms with Crippen LogP contribution in [0.5, 0.6) is 0 Å². The summed E-state index contributed by atoms with van der Waals surface area (Å²) >= 11 is 1.92. The summed E-state index contributed by atoms with van der Waals surface area (Å²) < 4.78 is 0. The lowest BCUT2D eigenvalue weighted by Crippen LogP contribution is -2.30. The Balaban J connectivity index is 2.56. The van der Waals surface area contributed by atoms with Gasteiger partial charge in [0, 0.05) is 12.1 Å². The first kappa shape index (κ1) is 14.6. The van der Waals surface area contributed by atoms with Gasteiger partial charge in [-0.2, -0.15) is 11.8 Å². The number of hydrogen-bond acceptors (Lipinski definition) is 2. The van der Waals surface area contributed by atoms with E-state index in [2.05, 4.69) is 56.6 Å². The van der Waals surface area contributed by atoms with Crippen molar-refractivity contribution in [2.45, 2.75) is 45.7 Å². The zero-order chi connectivity index (χ0) is 12.7. The first-order chi connectivity index (χ1) is 8.17. The van der Waals surface area contributed by atoms with Gasteiger partial charge in [0.15, 0.2) is 0 Å². The van der Waals surface area contributed by atoms with Gasteiger partial charge in [-0.15, -0.1) is 0 Å². The molecule has 0 aliphatic heterocycles. The van der Waals surface area contributed by atoms with Crippen molar-refractivity contribution in [3.05, 3.63) is 35.4 Å². The summed E-state index contributed by atoms with van der Waals surface area (Å²) in [5.74, 6) is 1.23. The van der Waals surface area contributed by atoms with Gasteiger partial charge >= 0.3 is 0 Å². The van der Waals surface area contributed by atoms with Gasteiger partial charge in [-0.1, -0.05) is 36.8 Å². The Labute approximate surface area is 110 Å². The van der Waals surface area contributed by atoms with Gasteiger partial charge in [0.2, 0.25) is 0 Å². The SMILES string of the molecule is CCC(NC(C)CCSC)c1ccc(C)cc1. The van der Waals surface area contributed by atoms with E-state index in [1.165, 1.54) is 23.3 Å². The summed E-state index contributed by atoms with van der Waals surface area (Å²) in [7, 11) is 0. The van der Waals surface area contributed by atoms with Crippen molar-refractivity contribution in [2.24, 2.45) is 0 Å². The second-order valence-electron chi connectivity index (χ2n) is 4.72. The monoisotopic (exact) mass is 251 g/mol. The molecular weight excluding hydrogens is 226 g/mol. The maximum atomic E-state index is 3.72. The lowest BCUT2D eigenvalue weighted by Gasteiger charge is -2.22. The minimum atomic E-state index is 0.493. The molecule has 0 saturated heterocycles. The highest BCUT2D eigenvalue weighted by molar-refractivity contribution is 7.98. The van der Waals surface area contributed by atoms with Crippen LogP contribution >= 0.6 is 11.8 Å². The van der Waals surface area contributed by atoms with E-state index in [1.807, 2.05) is 11.8 Å². The predicted molar refractivity (Wildman–Crippen MR) is 79.8 cm³/mol. The second-order valence-corrected chi connectivity index (χ2v) is 5.71. The molecule has 17 heavy (non-hydrogen) atoms. The molecule has 0 spiro atoms. The van der Waals surface area contributed by atoms with Crippen LogP contribution in [-0.2, 0) is 0 Å². The Morgan fingerprint density at radius 3 is 2.41 bits per heavy atom. The third-order valence-corrected chi connectivity index (χ3v) is 3.77. The number of benzene rings is 1. The van der Waals surface area contributed by atoms with Crippen LogP contribution in [0.1, 0.15) is 43.9 Å². The summed E-state index contributed by atoms with van der Waals surface area (Å²) in [6.07, 6.45) is 4.56. The smallest absolute Gasteiger partial charge is 0.0319 e. The van der Waals surface area contributed by atoms with Crippen molar-refractivity contribution in [1.82, 2.24) is 5.32 Å². The van der Waals surface area contributed by atoms with Crippen LogP contribution in [0.2, 0.25) is 0 Å². The molecule has 0 amide bonds. The van der Waals surface area contributed by atoms with Crippen molar-refractivity contribution in [1.29, 1.82) is 0 Å². The standard InChI is InChI=1S/C15H25NS/c1-5-15(16-13(3)10-11-17-4)14-8-6-12(2)7-9-14/h6-9,13,15-16H,5,10-11H2,1-4H3. The van der Waals surface area contributed by atoms with Gasteiger partial charge in [0.25, 0.3) is 0 Å². The van der Waals surface area contributed by atoms with Crippen LogP contribution in [-0.4, -0.2) is 18.1 Å². The van der Waals surface area contributed by atoms with Crippen LogP contribution in [0.15, 0.2) is 24.3 Å². The van der Waals surface area contributed by atoms with Crippen LogP contribution in [0.4, 0.5) is 0 Å². The zero-order valence-corrected chi connectivity index (χ0v) is 12.3. The normalized spacial score (nSPS) is 14.6. The number of hydrogen-bond donors (Lipinski definition) is 1. The summed E-state index contributed by atoms with van der Waals surface area (Å²) in [6.45, 7) is 6.67. The molecule has 0 aliphatic rings. The van der Waals surface area contributed by atoms with E-state index >= 15 is 0 Å². The summed E-state index contributed by atoms with van der Waals surface area (Å²) in [4.78, 5) is 0. The average molecular weight is 251 g/mol. The maximum absolute atomic E-state index is 3.72. The summed E-state index contributed by atoms with van der Waals surface area (Å²) in [5.41, 5.74) is 2.74. The molecule has 1 N–H and O–H groups in total. The Bertz CT molecular complexity index is 307. The molecule has 0 bridgehead atoms. The maximum Gasteiger partial charge on any atom is 0.0319 e. The van der Waals surface area contributed by atoms with Crippen LogP contribution in [0, 0.1) is 6.92 Å². The van der Waals surface area contributed by atoms with Crippen LogP contribution in [0.3, 0.4) is 0 Å². The van der Waals surface area contributed by atoms with E-state index in [-0.39, 0.29) is 0 Å². The topological polar surface area (TPSA) is 12.0 Å². The summed E-state index contributed by atoms with van der Waals surface area (Å²) in [5, 5.41) is 3.72. The molecule has 1 aromatic carbocycles. The molecule has 0 radical (unpaired) electrons. The third kappa shape index (κ3) is 5.13. The van der Waals surface area contributed by atoms with Gasteiger partial charge in [-0.05, 0) is 44.3 Å². The Morgan fingerprint density at radius 2 is 1.88 bits per heavy atom. The van der Waals surface area contributed by atoms with Crippen molar-refractivity contribution in [3.8, 4) is 0 Å². The minimum absolute atomic E-state index is 0.493. The van der Waals surface area contributed by atoms with E-state index < -0.39 is 0 Å². The highest BCUT2D eigenvalue weighted by atomic mass is 32.2. The molecule has 2 heteroatoms. The number of aryl methyl sites for hydroxylation is 1. The van der Waals surface area contributed by atoms with Crippen molar-refractivity contribution in [3.63, 3.8) is 0 Å². The first-order valence-electron chi connectivity index (χ1n) is 6.49. The lowest BCUT2D eigenvalue weighted by atomic mass is 10.0. The molecule has 2 atom stereocenters. The largest absolute Gasteiger partial charge is 0.307 e. The van der Waals surface area contributed by atoms with Crippen molar-refractivity contribution < 1.29 is 0 Å². The molecule has 0 heterocycles. The van der Waals surface area contributed by atoms with E-state index in [4.69, 9.17) is 0 Å². The molecule has 1 rings (SSSR count). The zero-order valence-electron chi connectivity index (χ0n) is 11.5. The first-order valence-corrected chi connectivity index (χ1v) is 7.88. The molecule has 96 valence electrons. The van der Waals surface area contributed by atoms with Gasteiger partial charge in [-0.25, -0.2) is 0 Å². The lowest BCUT2D eigenvalue weighted by molar-refractivity contribution is 0.439. The van der Waals surface area contributed by atoms with Gasteiger partial charge < -0.3 is 5.32 Å². The Kier molecular flexibility index (Phi) is 6.68. The van der Waals surface area contributed by atoms with Gasteiger partial charge in [-0.3, -0.25) is 0 Å². The van der Waals surface area contributed by atoms with E-state index in [0.29, 0.717) is 12.1 Å². The Morgan fingerprint density at radius 1 is 1.24 bits per heavy atom. The van der Waals surface area contributed by atoms with E-state index in [0.717, 1.165) is 6.42 Å². The molecule has 0 aromatic heterocycles. The predicted octanol–water partition coefficient (Wildman–Crippen LogP) is 4.18. The van der Waals surface area contributed by atoms with Gasteiger partial charge in [0.05, 0.1) is 0 Å². The fraction of sp³-hybridized carbons (Fsp3) is 0.600. The molecule has 2 unspecified atom stereocenters. The minimum Gasteiger partial charge on any atom is -0.307 e. The highest BCUT2D eigenvalue weighted by Crippen LogP contribution is 2.18. The van der Waals surface area contributed by atoms with Crippen molar-refractivity contribution >= 4 is 11.8 Å². The second kappa shape index (κ2) is 7.78. The molecule has 1 aromatic rings. The van der Waals surface area contributed by atoms with E-state index in [9.17, 15) is 0 Å². The average Bonchev–Trinajstić information content (AvgIpc) is 2.34. The number of nitrogens with one attached hydrogen (secondary N) is 1. The van der Waals surface area contributed by atoms with Crippen LogP contribution in [0.25, 0.3) is 0 Å². The quantitative estimate of drug-likeness (QED) is 0.780. The molecular formula is C15H25NS.